The normalized spacial score (nSPS) is 18.0. The van der Waals surface area contributed by atoms with Gasteiger partial charge in [0.05, 0.1) is 6.04 Å². The van der Waals surface area contributed by atoms with Crippen molar-refractivity contribution in [1.29, 1.82) is 0 Å². The molecule has 268 valence electrons. The van der Waals surface area contributed by atoms with Gasteiger partial charge < -0.3 is 39.8 Å². The summed E-state index contributed by atoms with van der Waals surface area (Å²) in [5, 5.41) is 33.8. The predicted molar refractivity (Wildman–Crippen MR) is 164 cm³/mol. The molecule has 0 aliphatic carbocycles. The van der Waals surface area contributed by atoms with Crippen molar-refractivity contribution in [3.63, 3.8) is 0 Å². The number of nitrogens with one attached hydrogen (secondary N) is 1. The molecule has 48 heavy (non-hydrogen) atoms. The van der Waals surface area contributed by atoms with E-state index >= 15 is 0 Å². The zero-order valence-electron chi connectivity index (χ0n) is 25.8. The lowest BCUT2D eigenvalue weighted by molar-refractivity contribution is -0.279. The first-order valence-electron chi connectivity index (χ1n) is 15.1. The molecule has 2 aromatic rings. The number of aryl methyl sites for hydroxylation is 1. The van der Waals surface area contributed by atoms with Crippen molar-refractivity contribution in [2.45, 2.75) is 88.6 Å². The first-order chi connectivity index (χ1) is 22.8. The van der Waals surface area contributed by atoms with Crippen molar-refractivity contribution >= 4 is 28.9 Å². The molecule has 4 atom stereocenters. The molecule has 2 heterocycles. The monoisotopic (exact) mass is 724 g/mol. The van der Waals surface area contributed by atoms with Gasteiger partial charge in [0.1, 0.15) is 6.10 Å². The second-order valence-corrected chi connectivity index (χ2v) is 12.2. The number of amides is 2. The van der Waals surface area contributed by atoms with Crippen molar-refractivity contribution < 1.29 is 61.6 Å². The minimum atomic E-state index is -3.67. The van der Waals surface area contributed by atoms with Crippen LogP contribution in [0.3, 0.4) is 0 Å². The summed E-state index contributed by atoms with van der Waals surface area (Å²) < 4.78 is 55.1. The van der Waals surface area contributed by atoms with Crippen molar-refractivity contribution in [2.24, 2.45) is 0 Å². The van der Waals surface area contributed by atoms with E-state index in [0.717, 1.165) is 18.9 Å². The highest BCUT2D eigenvalue weighted by atomic mass is 31.2. The van der Waals surface area contributed by atoms with E-state index in [-0.39, 0.29) is 37.2 Å². The third kappa shape index (κ3) is 12.8. The Morgan fingerprint density at radius 2 is 1.92 bits per heavy atom. The number of hydrogen-bond acceptors (Lipinski definition) is 13. The van der Waals surface area contributed by atoms with Crippen LogP contribution >= 0.6 is 16.9 Å². The summed E-state index contributed by atoms with van der Waals surface area (Å²) in [4.78, 5) is 52.7. The van der Waals surface area contributed by atoms with Crippen molar-refractivity contribution in [2.75, 3.05) is 13.1 Å². The number of ether oxygens (including phenoxy) is 1. The van der Waals surface area contributed by atoms with Crippen molar-refractivity contribution in [3.05, 3.63) is 53.9 Å². The Labute approximate surface area is 276 Å². The molecule has 6 N–H and O–H groups in total. The summed E-state index contributed by atoms with van der Waals surface area (Å²) >= 11 is 0. The maximum atomic E-state index is 14.6. The van der Waals surface area contributed by atoms with Gasteiger partial charge in [-0.3, -0.25) is 18.4 Å². The Balaban J connectivity index is 1.33. The second-order valence-electron chi connectivity index (χ2n) is 10.8. The Morgan fingerprint density at radius 3 is 2.62 bits per heavy atom. The van der Waals surface area contributed by atoms with E-state index in [0.29, 0.717) is 44.5 Å². The molecule has 2 unspecified atom stereocenters. The minimum absolute atomic E-state index is 0.0554. The molecule has 1 aliphatic rings. The number of carbonyl (C=O) groups excluding carboxylic acids is 2. The van der Waals surface area contributed by atoms with Gasteiger partial charge >= 0.3 is 28.9 Å². The van der Waals surface area contributed by atoms with Gasteiger partial charge in [0.25, 0.3) is 5.97 Å². The van der Waals surface area contributed by atoms with Gasteiger partial charge in [0.2, 0.25) is 5.91 Å². The quantitative estimate of drug-likeness (QED) is 0.0469. The van der Waals surface area contributed by atoms with Crippen LogP contribution < -0.4 is 5.32 Å². The van der Waals surface area contributed by atoms with Crippen LogP contribution in [0.25, 0.3) is 0 Å². The fraction of sp³-hybridized carbons (Fsp3) is 0.593. The van der Waals surface area contributed by atoms with Crippen molar-refractivity contribution in [1.82, 2.24) is 30.4 Å². The SMILES string of the molecule is O=C(NCCCC(O)(OP(O)O)O[PH](=O)O)OCn1nnnc1CCCCCCN1C(=O)CC[C@@H]1/C=C/[C@@H](O)C(F)(F)c1ccccc1. The van der Waals surface area contributed by atoms with Gasteiger partial charge in [-0.2, -0.15) is 13.5 Å². The predicted octanol–water partition coefficient (Wildman–Crippen LogP) is 2.21. The summed E-state index contributed by atoms with van der Waals surface area (Å²) in [5.41, 5.74) is -0.291. The maximum absolute atomic E-state index is 14.6. The number of unbranched alkanes of at least 4 members (excludes halogenated alkanes) is 3. The molecule has 3 rings (SSSR count). The summed E-state index contributed by atoms with van der Waals surface area (Å²) in [5.74, 6) is -5.79. The Kier molecular flexibility index (Phi) is 15.8. The van der Waals surface area contributed by atoms with Crippen LogP contribution in [0.15, 0.2) is 42.5 Å². The van der Waals surface area contributed by atoms with Gasteiger partial charge in [0.15, 0.2) is 12.6 Å². The van der Waals surface area contributed by atoms with Crippen LogP contribution in [0, 0.1) is 0 Å². The summed E-state index contributed by atoms with van der Waals surface area (Å²) in [6.45, 7) is 0.0584. The molecule has 0 radical (unpaired) electrons. The Morgan fingerprint density at radius 1 is 1.19 bits per heavy atom. The average molecular weight is 725 g/mol. The Hall–Kier alpha value is -2.99. The Bertz CT molecular complexity index is 1360. The lowest BCUT2D eigenvalue weighted by Crippen LogP contribution is -2.34. The topological polar surface area (TPSA) is 239 Å². The third-order valence-corrected chi connectivity index (χ3v) is 8.25. The van der Waals surface area contributed by atoms with Gasteiger partial charge in [-0.1, -0.05) is 55.3 Å². The van der Waals surface area contributed by atoms with Gasteiger partial charge in [-0.15, -0.1) is 5.10 Å². The molecule has 21 heteroatoms. The molecule has 0 spiro atoms. The summed E-state index contributed by atoms with van der Waals surface area (Å²) in [6, 6.07) is 6.70. The lowest BCUT2D eigenvalue weighted by atomic mass is 10.0. The standard InChI is InChI=1S/C27H40F2N6O11P2/c28-27(29,20-9-4-3-5-10-20)22(36)14-12-21-13-15-24(37)34(21)18-7-2-1-6-11-23-31-32-33-35(23)19-44-25(38)30-17-8-16-26(39,45-47(40)41)46-48(42)43/h3-5,9-10,12,14,21-22,36,39-41,48H,1-2,6-8,11,13,15-19H2,(H,30,38)(H,42,43)/b14-12+/t21-,22+,26?/m0/s1. The molecular weight excluding hydrogens is 684 g/mol. The molecule has 1 aromatic carbocycles. The summed E-state index contributed by atoms with van der Waals surface area (Å²) in [7, 11) is -6.77. The van der Waals surface area contributed by atoms with E-state index in [1.165, 1.54) is 35.0 Å². The number of likely N-dealkylation sites (tertiary alicyclic amines) is 1. The number of alkyl halides is 2. The number of aromatic nitrogens is 4. The smallest absolute Gasteiger partial charge is 0.408 e. The minimum Gasteiger partial charge on any atom is -0.426 e. The molecule has 1 fully saturated rings. The first kappa shape index (κ1) is 39.4. The first-order valence-corrected chi connectivity index (χ1v) is 17.5. The van der Waals surface area contributed by atoms with Crippen LogP contribution in [-0.2, 0) is 42.2 Å². The highest BCUT2D eigenvalue weighted by molar-refractivity contribution is 7.39. The number of aliphatic hydroxyl groups excluding tert-OH is 1. The number of benzene rings is 1. The zero-order valence-corrected chi connectivity index (χ0v) is 27.7. The molecule has 0 saturated carbocycles. The van der Waals surface area contributed by atoms with Gasteiger partial charge in [-0.25, -0.2) is 4.79 Å². The van der Waals surface area contributed by atoms with Crippen LogP contribution in [0.4, 0.5) is 13.6 Å². The number of carbonyl (C=O) groups is 2. The van der Waals surface area contributed by atoms with E-state index in [2.05, 4.69) is 29.9 Å². The van der Waals surface area contributed by atoms with E-state index in [4.69, 9.17) is 19.4 Å². The number of rotatable bonds is 21. The van der Waals surface area contributed by atoms with Gasteiger partial charge in [0, 0.05) is 37.9 Å². The van der Waals surface area contributed by atoms with Crippen LogP contribution in [0.1, 0.15) is 62.8 Å². The fourth-order valence-electron chi connectivity index (χ4n) is 4.91. The average Bonchev–Trinajstić information content (AvgIpc) is 3.63. The molecule has 1 saturated heterocycles. The molecule has 17 nitrogen and oxygen atoms in total. The number of aliphatic hydroxyl groups is 2. The van der Waals surface area contributed by atoms with E-state index in [1.54, 1.807) is 11.0 Å². The number of hydrogen-bond donors (Lipinski definition) is 6. The molecule has 1 aromatic heterocycles. The maximum Gasteiger partial charge on any atom is 0.408 e. The number of tetrazole rings is 1. The number of alkyl carbamates (subject to hydrolysis) is 1. The van der Waals surface area contributed by atoms with E-state index in [9.17, 15) is 33.1 Å². The van der Waals surface area contributed by atoms with E-state index < -0.39 is 47.4 Å². The molecule has 0 bridgehead atoms. The fourth-order valence-corrected chi connectivity index (χ4v) is 5.78. The zero-order chi connectivity index (χ0) is 35.2. The third-order valence-electron chi connectivity index (χ3n) is 7.30. The van der Waals surface area contributed by atoms with Crippen LogP contribution in [0.5, 0.6) is 0 Å². The largest absolute Gasteiger partial charge is 0.426 e. The lowest BCUT2D eigenvalue weighted by Gasteiger charge is -2.26. The van der Waals surface area contributed by atoms with Crippen LogP contribution in [0.2, 0.25) is 0 Å². The van der Waals surface area contributed by atoms with E-state index in [1.807, 2.05) is 0 Å². The highest BCUT2D eigenvalue weighted by Gasteiger charge is 2.39. The highest BCUT2D eigenvalue weighted by Crippen LogP contribution is 2.39. The van der Waals surface area contributed by atoms with Gasteiger partial charge in [-0.05, 0) is 36.1 Å². The molecule has 1 aliphatic heterocycles. The molecule has 2 amide bonds. The van der Waals surface area contributed by atoms with Crippen LogP contribution in [-0.4, -0.2) is 93.2 Å². The molecular formula is C27H40F2N6O11P2. The van der Waals surface area contributed by atoms with Crippen molar-refractivity contribution in [3.8, 4) is 0 Å². The number of halogens is 2. The second kappa shape index (κ2) is 19.3. The summed E-state index contributed by atoms with van der Waals surface area (Å²) in [6.07, 6.45) is 3.32. The number of nitrogens with zero attached hydrogens (tertiary/aromatic N) is 5.